The van der Waals surface area contributed by atoms with Crippen LogP contribution >= 0.6 is 0 Å². The number of nitrogens with one attached hydrogen (secondary N) is 1. The molecule has 4 nitrogen and oxygen atoms in total. The molecule has 0 aromatic heterocycles. The Morgan fingerprint density at radius 2 is 1.62 bits per heavy atom. The van der Waals surface area contributed by atoms with Crippen molar-refractivity contribution in [1.29, 1.82) is 0 Å². The van der Waals surface area contributed by atoms with E-state index >= 15 is 0 Å². The molecule has 3 N–H and O–H groups in total. The molecule has 0 saturated carbocycles. The third kappa shape index (κ3) is 5.56. The topological polar surface area (TPSA) is 49.0 Å². The fourth-order valence-corrected chi connectivity index (χ4v) is 3.29. The van der Waals surface area contributed by atoms with Gasteiger partial charge in [-0.1, -0.05) is 25.0 Å². The largest absolute Gasteiger partial charge is 0.372 e. The molecule has 26 heavy (non-hydrogen) atoms. The van der Waals surface area contributed by atoms with E-state index in [9.17, 15) is 9.18 Å². The molecule has 138 valence electrons. The number of benzene rings is 2. The second kappa shape index (κ2) is 9.34. The number of carbonyl (C=O) groups excluding carboxylic acids is 1. The lowest BCUT2D eigenvalue weighted by Crippen LogP contribution is -2.84. The summed E-state index contributed by atoms with van der Waals surface area (Å²) in [6, 6.07) is 14.5. The van der Waals surface area contributed by atoms with Crippen molar-refractivity contribution in [1.82, 2.24) is 0 Å². The Labute approximate surface area is 154 Å². The molecule has 1 aliphatic rings. The molecule has 0 atom stereocenters. The van der Waals surface area contributed by atoms with Gasteiger partial charge in [0.05, 0.1) is 0 Å². The lowest BCUT2D eigenvalue weighted by Gasteiger charge is -2.22. The van der Waals surface area contributed by atoms with Crippen LogP contribution in [0.1, 0.15) is 31.2 Å². The van der Waals surface area contributed by atoms with Crippen LogP contribution in [-0.2, 0) is 11.3 Å². The van der Waals surface area contributed by atoms with Gasteiger partial charge < -0.3 is 15.5 Å². The molecule has 0 radical (unpaired) electrons. The Hall–Kier alpha value is -2.40. The van der Waals surface area contributed by atoms with Crippen molar-refractivity contribution in [2.24, 2.45) is 0 Å². The number of quaternary nitrogens is 1. The number of anilines is 2. The predicted molar refractivity (Wildman–Crippen MR) is 103 cm³/mol. The summed E-state index contributed by atoms with van der Waals surface area (Å²) in [6.07, 6.45) is 5.14. The van der Waals surface area contributed by atoms with Gasteiger partial charge in [-0.2, -0.15) is 0 Å². The number of nitrogens with two attached hydrogens (primary N) is 1. The second-order valence-corrected chi connectivity index (χ2v) is 6.82. The summed E-state index contributed by atoms with van der Waals surface area (Å²) in [5, 5.41) is 4.84. The van der Waals surface area contributed by atoms with Gasteiger partial charge in [0.1, 0.15) is 12.4 Å². The van der Waals surface area contributed by atoms with Crippen LogP contribution in [0.25, 0.3) is 0 Å². The maximum atomic E-state index is 12.9. The average Bonchev–Trinajstić information content (AvgIpc) is 2.93. The van der Waals surface area contributed by atoms with E-state index in [2.05, 4.69) is 22.3 Å². The molecule has 1 aliphatic heterocycles. The van der Waals surface area contributed by atoms with E-state index in [1.807, 2.05) is 17.4 Å². The van der Waals surface area contributed by atoms with E-state index in [0.29, 0.717) is 13.1 Å². The highest BCUT2D eigenvalue weighted by Crippen LogP contribution is 2.21. The van der Waals surface area contributed by atoms with Gasteiger partial charge in [-0.3, -0.25) is 4.79 Å². The second-order valence-electron chi connectivity index (χ2n) is 6.82. The molecule has 0 spiro atoms. The Bertz CT molecular complexity index is 692. The highest BCUT2D eigenvalue weighted by Gasteiger charge is 2.10. The minimum atomic E-state index is -0.241. The van der Waals surface area contributed by atoms with Crippen molar-refractivity contribution in [2.45, 2.75) is 32.2 Å². The van der Waals surface area contributed by atoms with Gasteiger partial charge in [-0.05, 0) is 49.2 Å². The van der Waals surface area contributed by atoms with E-state index in [1.54, 1.807) is 12.1 Å². The first-order valence-electron chi connectivity index (χ1n) is 9.42. The van der Waals surface area contributed by atoms with Crippen LogP contribution in [0, 0.1) is 5.82 Å². The van der Waals surface area contributed by atoms with Gasteiger partial charge in [0.15, 0.2) is 6.54 Å². The zero-order valence-corrected chi connectivity index (χ0v) is 15.1. The summed E-state index contributed by atoms with van der Waals surface area (Å²) in [5.74, 6) is -0.273. The molecule has 0 unspecified atom stereocenters. The van der Waals surface area contributed by atoms with Gasteiger partial charge in [0.2, 0.25) is 0 Å². The Balaban J connectivity index is 1.44. The van der Waals surface area contributed by atoms with Crippen LogP contribution in [0.3, 0.4) is 0 Å². The van der Waals surface area contributed by atoms with E-state index in [4.69, 9.17) is 0 Å². The Morgan fingerprint density at radius 3 is 2.27 bits per heavy atom. The Kier molecular flexibility index (Phi) is 6.61. The first kappa shape index (κ1) is 18.4. The fourth-order valence-electron chi connectivity index (χ4n) is 3.29. The molecular formula is C21H27FN3O+. The standard InChI is InChI=1S/C21H26FN3O/c22-18-7-5-17(6-8-18)15-23-16-21(26)24-19-9-11-20(12-10-19)25-13-3-1-2-4-14-25/h5-12,23H,1-4,13-16H2,(H,24,26)/p+1. The van der Waals surface area contributed by atoms with Crippen LogP contribution in [0.4, 0.5) is 15.8 Å². The quantitative estimate of drug-likeness (QED) is 0.836. The molecule has 1 amide bonds. The fraction of sp³-hybridized carbons (Fsp3) is 0.381. The van der Waals surface area contributed by atoms with Gasteiger partial charge in [0, 0.05) is 30.0 Å². The molecule has 0 aliphatic carbocycles. The molecule has 3 rings (SSSR count). The van der Waals surface area contributed by atoms with Crippen LogP contribution in [-0.4, -0.2) is 25.5 Å². The van der Waals surface area contributed by atoms with Crippen molar-refractivity contribution in [2.75, 3.05) is 29.9 Å². The summed E-state index contributed by atoms with van der Waals surface area (Å²) in [4.78, 5) is 14.5. The van der Waals surface area contributed by atoms with Gasteiger partial charge in [-0.15, -0.1) is 0 Å². The summed E-state index contributed by atoms with van der Waals surface area (Å²) < 4.78 is 12.9. The normalized spacial score (nSPS) is 14.7. The third-order valence-corrected chi connectivity index (χ3v) is 4.75. The summed E-state index contributed by atoms with van der Waals surface area (Å²) >= 11 is 0. The van der Waals surface area contributed by atoms with Gasteiger partial charge in [-0.25, -0.2) is 4.39 Å². The van der Waals surface area contributed by atoms with Crippen LogP contribution in [0.15, 0.2) is 48.5 Å². The number of halogens is 1. The van der Waals surface area contributed by atoms with E-state index in [0.717, 1.165) is 24.3 Å². The molecule has 2 aromatic carbocycles. The predicted octanol–water partition coefficient (Wildman–Crippen LogP) is 2.91. The molecule has 1 heterocycles. The molecular weight excluding hydrogens is 329 g/mol. The minimum Gasteiger partial charge on any atom is -0.372 e. The van der Waals surface area contributed by atoms with E-state index in [1.165, 1.54) is 43.5 Å². The number of carbonyl (C=O) groups is 1. The van der Waals surface area contributed by atoms with Crippen LogP contribution < -0.4 is 15.5 Å². The summed E-state index contributed by atoms with van der Waals surface area (Å²) in [6.45, 7) is 3.22. The average molecular weight is 356 g/mol. The molecule has 1 saturated heterocycles. The van der Waals surface area contributed by atoms with Crippen molar-refractivity contribution in [3.63, 3.8) is 0 Å². The van der Waals surface area contributed by atoms with E-state index in [-0.39, 0.29) is 11.7 Å². The summed E-state index contributed by atoms with van der Waals surface area (Å²) in [5.41, 5.74) is 3.05. The number of rotatable bonds is 6. The Morgan fingerprint density at radius 1 is 0.962 bits per heavy atom. The first-order chi connectivity index (χ1) is 12.7. The molecule has 1 fully saturated rings. The maximum Gasteiger partial charge on any atom is 0.279 e. The van der Waals surface area contributed by atoms with Gasteiger partial charge >= 0.3 is 0 Å². The van der Waals surface area contributed by atoms with Crippen molar-refractivity contribution in [3.05, 3.63) is 59.9 Å². The zero-order valence-electron chi connectivity index (χ0n) is 15.1. The highest BCUT2D eigenvalue weighted by atomic mass is 19.1. The summed E-state index contributed by atoms with van der Waals surface area (Å²) in [7, 11) is 0. The SMILES string of the molecule is O=C(C[NH2+]Cc1ccc(F)cc1)Nc1ccc(N2CCCCCC2)cc1. The lowest BCUT2D eigenvalue weighted by atomic mass is 10.2. The maximum absolute atomic E-state index is 12.9. The van der Waals surface area contributed by atoms with Crippen molar-refractivity contribution < 1.29 is 14.5 Å². The minimum absolute atomic E-state index is 0.0327. The third-order valence-electron chi connectivity index (χ3n) is 4.75. The monoisotopic (exact) mass is 356 g/mol. The number of nitrogens with zero attached hydrogens (tertiary/aromatic N) is 1. The van der Waals surface area contributed by atoms with Crippen LogP contribution in [0.2, 0.25) is 0 Å². The van der Waals surface area contributed by atoms with Crippen molar-refractivity contribution >= 4 is 17.3 Å². The number of hydrogen-bond donors (Lipinski definition) is 2. The molecule has 2 aromatic rings. The van der Waals surface area contributed by atoms with Crippen molar-refractivity contribution in [3.8, 4) is 0 Å². The van der Waals surface area contributed by atoms with Gasteiger partial charge in [0.25, 0.3) is 5.91 Å². The zero-order chi connectivity index (χ0) is 18.2. The lowest BCUT2D eigenvalue weighted by molar-refractivity contribution is -0.659. The van der Waals surface area contributed by atoms with E-state index < -0.39 is 0 Å². The number of hydrogen-bond acceptors (Lipinski definition) is 2. The van der Waals surface area contributed by atoms with Crippen LogP contribution in [0.5, 0.6) is 0 Å². The molecule has 0 bridgehead atoms. The number of amides is 1. The highest BCUT2D eigenvalue weighted by molar-refractivity contribution is 5.91. The first-order valence-corrected chi connectivity index (χ1v) is 9.42. The molecule has 5 heteroatoms. The smallest absolute Gasteiger partial charge is 0.279 e.